The van der Waals surface area contributed by atoms with Crippen LogP contribution in [0.4, 0.5) is 13.2 Å². The summed E-state index contributed by atoms with van der Waals surface area (Å²) in [5.74, 6) is 0.561. The highest BCUT2D eigenvalue weighted by atomic mass is 35.5. The second kappa shape index (κ2) is 9.45. The summed E-state index contributed by atoms with van der Waals surface area (Å²) in [6.45, 7) is 0.513. The van der Waals surface area contributed by atoms with Crippen molar-refractivity contribution in [3.05, 3.63) is 58.4 Å². The molecule has 0 radical (unpaired) electrons. The lowest BCUT2D eigenvalue weighted by Crippen LogP contribution is -2.38. The van der Waals surface area contributed by atoms with Crippen molar-refractivity contribution in [1.29, 1.82) is 0 Å². The number of nitrogens with zero attached hydrogens (tertiary/aromatic N) is 2. The first-order chi connectivity index (χ1) is 12.8. The van der Waals surface area contributed by atoms with E-state index in [0.717, 1.165) is 11.6 Å². The largest absolute Gasteiger partial charge is 0.497 e. The van der Waals surface area contributed by atoms with Gasteiger partial charge < -0.3 is 15.4 Å². The van der Waals surface area contributed by atoms with Gasteiger partial charge in [0.05, 0.1) is 12.7 Å². The van der Waals surface area contributed by atoms with E-state index in [1.807, 2.05) is 6.07 Å². The maximum absolute atomic E-state index is 13.2. The number of nitrogens with one attached hydrogen (secondary N) is 2. The number of hydrogen-bond donors (Lipinski definition) is 2. The van der Waals surface area contributed by atoms with Gasteiger partial charge >= 0.3 is 6.18 Å². The Bertz CT molecular complexity index is 779. The summed E-state index contributed by atoms with van der Waals surface area (Å²) in [5, 5.41) is 6.37. The highest BCUT2D eigenvalue weighted by Crippen LogP contribution is 2.34. The van der Waals surface area contributed by atoms with Gasteiger partial charge in [0.2, 0.25) is 0 Å². The minimum absolute atomic E-state index is 0.0268. The van der Waals surface area contributed by atoms with Crippen LogP contribution in [-0.4, -0.2) is 31.6 Å². The van der Waals surface area contributed by atoms with E-state index in [-0.39, 0.29) is 17.9 Å². The Morgan fingerprint density at radius 2 is 2.00 bits per heavy atom. The molecule has 0 aliphatic rings. The van der Waals surface area contributed by atoms with E-state index in [0.29, 0.717) is 24.1 Å². The predicted molar refractivity (Wildman–Crippen MR) is 99.1 cm³/mol. The van der Waals surface area contributed by atoms with Crippen LogP contribution in [0.15, 0.2) is 41.5 Å². The number of aromatic nitrogens is 1. The lowest BCUT2D eigenvalue weighted by molar-refractivity contribution is -0.138. The summed E-state index contributed by atoms with van der Waals surface area (Å²) in [6.07, 6.45) is -2.13. The first kappa shape index (κ1) is 20.8. The molecule has 2 aromatic rings. The van der Waals surface area contributed by atoms with Crippen molar-refractivity contribution in [2.75, 3.05) is 20.7 Å². The second-order valence-corrected chi connectivity index (χ2v) is 6.00. The van der Waals surface area contributed by atoms with E-state index in [1.165, 1.54) is 19.2 Å². The third-order valence-corrected chi connectivity index (χ3v) is 4.01. The van der Waals surface area contributed by atoms with Crippen LogP contribution in [0.5, 0.6) is 5.75 Å². The lowest BCUT2D eigenvalue weighted by Gasteiger charge is -2.16. The number of aliphatic imine (C=N–C) groups is 1. The van der Waals surface area contributed by atoms with Crippen molar-refractivity contribution >= 4 is 17.6 Å². The van der Waals surface area contributed by atoms with Crippen LogP contribution in [-0.2, 0) is 19.1 Å². The third-order valence-electron chi connectivity index (χ3n) is 3.79. The van der Waals surface area contributed by atoms with Crippen molar-refractivity contribution in [1.82, 2.24) is 15.6 Å². The minimum Gasteiger partial charge on any atom is -0.497 e. The van der Waals surface area contributed by atoms with Crippen LogP contribution in [0.3, 0.4) is 0 Å². The lowest BCUT2D eigenvalue weighted by atomic mass is 10.1. The number of pyridine rings is 1. The smallest absolute Gasteiger partial charge is 0.416 e. The quantitative estimate of drug-likeness (QED) is 0.441. The zero-order valence-corrected chi connectivity index (χ0v) is 15.7. The van der Waals surface area contributed by atoms with Gasteiger partial charge in [-0.3, -0.25) is 4.99 Å². The van der Waals surface area contributed by atoms with E-state index in [1.54, 1.807) is 19.3 Å². The topological polar surface area (TPSA) is 58.5 Å². The molecular weight excluding hydrogens is 381 g/mol. The number of benzene rings is 1. The SMILES string of the molecule is CN=C(NCCc1ccc(Cl)nc1)NCc1ccc(OC)cc1C(F)(F)F. The molecule has 2 N–H and O–H groups in total. The number of hydrogen-bond acceptors (Lipinski definition) is 3. The van der Waals surface area contributed by atoms with Crippen molar-refractivity contribution in [2.24, 2.45) is 4.99 Å². The van der Waals surface area contributed by atoms with Gasteiger partial charge in [-0.25, -0.2) is 4.98 Å². The molecule has 0 aliphatic heterocycles. The normalized spacial score (nSPS) is 12.0. The van der Waals surface area contributed by atoms with Crippen LogP contribution >= 0.6 is 11.6 Å². The minimum atomic E-state index is -4.47. The Labute approximate surface area is 160 Å². The zero-order chi connectivity index (χ0) is 19.9. The molecule has 0 saturated carbocycles. The van der Waals surface area contributed by atoms with Crippen LogP contribution in [0, 0.1) is 0 Å². The molecule has 0 amide bonds. The summed E-state index contributed by atoms with van der Waals surface area (Å²) < 4.78 is 44.6. The average molecular weight is 401 g/mol. The second-order valence-electron chi connectivity index (χ2n) is 5.61. The molecule has 0 saturated heterocycles. The van der Waals surface area contributed by atoms with Crippen LogP contribution < -0.4 is 15.4 Å². The Kier molecular flexibility index (Phi) is 7.29. The molecule has 0 atom stereocenters. The molecule has 5 nitrogen and oxygen atoms in total. The molecule has 27 heavy (non-hydrogen) atoms. The standard InChI is InChI=1S/C18H20ClF3N4O/c1-23-17(24-8-7-12-3-6-16(19)25-10-12)26-11-13-4-5-14(27-2)9-15(13)18(20,21)22/h3-6,9-10H,7-8,11H2,1-2H3,(H2,23,24,26). The molecule has 146 valence electrons. The van der Waals surface area contributed by atoms with Gasteiger partial charge in [0.1, 0.15) is 10.9 Å². The number of methoxy groups -OCH3 is 1. The molecule has 0 aliphatic carbocycles. The maximum atomic E-state index is 13.2. The predicted octanol–water partition coefficient (Wildman–Crippen LogP) is 3.67. The Balaban J connectivity index is 1.94. The Morgan fingerprint density at radius 1 is 1.22 bits per heavy atom. The maximum Gasteiger partial charge on any atom is 0.416 e. The van der Waals surface area contributed by atoms with Gasteiger partial charge in [-0.1, -0.05) is 23.7 Å². The first-order valence-corrected chi connectivity index (χ1v) is 8.50. The number of halogens is 4. The fourth-order valence-electron chi connectivity index (χ4n) is 2.38. The van der Waals surface area contributed by atoms with E-state index < -0.39 is 11.7 Å². The van der Waals surface area contributed by atoms with Crippen LogP contribution in [0.1, 0.15) is 16.7 Å². The van der Waals surface area contributed by atoms with Gasteiger partial charge in [-0.05, 0) is 35.7 Å². The molecule has 2 rings (SSSR count). The van der Waals surface area contributed by atoms with Crippen molar-refractivity contribution < 1.29 is 17.9 Å². The fourth-order valence-corrected chi connectivity index (χ4v) is 2.49. The molecule has 0 bridgehead atoms. The first-order valence-electron chi connectivity index (χ1n) is 8.12. The van der Waals surface area contributed by atoms with Gasteiger partial charge in [0.25, 0.3) is 0 Å². The van der Waals surface area contributed by atoms with E-state index in [4.69, 9.17) is 16.3 Å². The fraction of sp³-hybridized carbons (Fsp3) is 0.333. The van der Waals surface area contributed by atoms with Gasteiger partial charge in [-0.15, -0.1) is 0 Å². The summed E-state index contributed by atoms with van der Waals surface area (Å²) in [6, 6.07) is 7.44. The molecule has 0 unspecified atom stereocenters. The molecule has 9 heteroatoms. The van der Waals surface area contributed by atoms with Crippen molar-refractivity contribution in [3.8, 4) is 5.75 Å². The summed E-state index contributed by atoms with van der Waals surface area (Å²) in [4.78, 5) is 8.02. The van der Waals surface area contributed by atoms with Gasteiger partial charge in [0, 0.05) is 26.3 Å². The Hall–Kier alpha value is -2.48. The molecular formula is C18H20ClF3N4O. The molecule has 0 spiro atoms. The van der Waals surface area contributed by atoms with Gasteiger partial charge in [-0.2, -0.15) is 13.2 Å². The van der Waals surface area contributed by atoms with Crippen molar-refractivity contribution in [3.63, 3.8) is 0 Å². The van der Waals surface area contributed by atoms with E-state index >= 15 is 0 Å². The number of rotatable bonds is 6. The molecule has 0 fully saturated rings. The number of ether oxygens (including phenoxy) is 1. The van der Waals surface area contributed by atoms with Crippen LogP contribution in [0.2, 0.25) is 5.15 Å². The summed E-state index contributed by atoms with van der Waals surface area (Å²) in [7, 11) is 2.88. The van der Waals surface area contributed by atoms with E-state index in [2.05, 4.69) is 20.6 Å². The highest BCUT2D eigenvalue weighted by molar-refractivity contribution is 6.29. The summed E-state index contributed by atoms with van der Waals surface area (Å²) >= 11 is 5.74. The molecule has 1 aromatic heterocycles. The van der Waals surface area contributed by atoms with Crippen molar-refractivity contribution in [2.45, 2.75) is 19.1 Å². The number of alkyl halides is 3. The van der Waals surface area contributed by atoms with E-state index in [9.17, 15) is 13.2 Å². The average Bonchev–Trinajstić information content (AvgIpc) is 2.65. The summed E-state index contributed by atoms with van der Waals surface area (Å²) in [5.41, 5.74) is 0.349. The third kappa shape index (κ3) is 6.32. The molecule has 1 heterocycles. The number of guanidine groups is 1. The highest BCUT2D eigenvalue weighted by Gasteiger charge is 2.33. The molecule has 1 aromatic carbocycles. The Morgan fingerprint density at radius 3 is 2.59 bits per heavy atom. The monoisotopic (exact) mass is 400 g/mol. The zero-order valence-electron chi connectivity index (χ0n) is 14.9. The van der Waals surface area contributed by atoms with Gasteiger partial charge in [0.15, 0.2) is 5.96 Å². The van der Waals surface area contributed by atoms with Crippen LogP contribution in [0.25, 0.3) is 0 Å².